The molecule has 0 unspecified atom stereocenters. The Morgan fingerprint density at radius 2 is 2.00 bits per heavy atom. The molecule has 0 spiro atoms. The predicted molar refractivity (Wildman–Crippen MR) is 126 cm³/mol. The molecule has 31 heavy (non-hydrogen) atoms. The minimum absolute atomic E-state index is 0.141. The van der Waals surface area contributed by atoms with Gasteiger partial charge in [0.25, 0.3) is 5.56 Å². The summed E-state index contributed by atoms with van der Waals surface area (Å²) in [5.74, 6) is 0.446. The second-order valence-electron chi connectivity index (χ2n) is 8.02. The van der Waals surface area contributed by atoms with Crippen molar-refractivity contribution in [2.45, 2.75) is 38.9 Å². The molecular formula is C24H25N3O3S. The number of carbonyl (C=O) groups is 1. The predicted octanol–water partition coefficient (Wildman–Crippen LogP) is 5.23. The number of amides is 1. The van der Waals surface area contributed by atoms with Gasteiger partial charge in [-0.2, -0.15) is 0 Å². The van der Waals surface area contributed by atoms with Gasteiger partial charge in [0, 0.05) is 17.6 Å². The maximum atomic E-state index is 13.2. The molecule has 160 valence electrons. The van der Waals surface area contributed by atoms with E-state index in [-0.39, 0.29) is 22.8 Å². The number of aromatic nitrogens is 2. The third-order valence-corrected chi connectivity index (χ3v) is 5.99. The van der Waals surface area contributed by atoms with Crippen molar-refractivity contribution in [3.05, 3.63) is 64.4 Å². The van der Waals surface area contributed by atoms with Gasteiger partial charge in [0.15, 0.2) is 5.16 Å². The van der Waals surface area contributed by atoms with E-state index < -0.39 is 0 Å². The number of hydrogen-bond acceptors (Lipinski definition) is 5. The fourth-order valence-corrected chi connectivity index (χ4v) is 4.22. The number of carbonyl (C=O) groups excluding carboxylic acids is 1. The Balaban J connectivity index is 1.65. The first-order chi connectivity index (χ1) is 14.9. The molecule has 0 atom stereocenters. The van der Waals surface area contributed by atoms with Gasteiger partial charge in [0.1, 0.15) is 11.1 Å². The van der Waals surface area contributed by atoms with Crippen LogP contribution in [-0.2, 0) is 11.3 Å². The summed E-state index contributed by atoms with van der Waals surface area (Å²) in [5.41, 5.74) is 3.07. The highest BCUT2D eigenvalue weighted by atomic mass is 32.2. The second-order valence-corrected chi connectivity index (χ2v) is 8.96. The quantitative estimate of drug-likeness (QED) is 0.318. The molecule has 0 aliphatic carbocycles. The van der Waals surface area contributed by atoms with Crippen LogP contribution in [0.25, 0.3) is 22.1 Å². The number of anilines is 1. The molecule has 0 saturated carbocycles. The Kier molecular flexibility index (Phi) is 6.13. The van der Waals surface area contributed by atoms with Gasteiger partial charge in [0.2, 0.25) is 11.5 Å². The zero-order valence-corrected chi connectivity index (χ0v) is 18.7. The summed E-state index contributed by atoms with van der Waals surface area (Å²) in [6.07, 6.45) is 0.830. The number of nitrogens with one attached hydrogen (secondary N) is 1. The first-order valence-electron chi connectivity index (χ1n) is 10.3. The summed E-state index contributed by atoms with van der Waals surface area (Å²) in [6, 6.07) is 15.1. The lowest BCUT2D eigenvalue weighted by atomic mass is 10.1. The van der Waals surface area contributed by atoms with Crippen LogP contribution in [0, 0.1) is 12.8 Å². The van der Waals surface area contributed by atoms with E-state index in [2.05, 4.69) is 19.2 Å². The highest BCUT2D eigenvalue weighted by molar-refractivity contribution is 7.99. The lowest BCUT2D eigenvalue weighted by Crippen LogP contribution is -2.24. The van der Waals surface area contributed by atoms with Gasteiger partial charge in [-0.1, -0.05) is 49.9 Å². The molecule has 0 radical (unpaired) electrons. The van der Waals surface area contributed by atoms with Gasteiger partial charge in [-0.15, -0.1) is 0 Å². The van der Waals surface area contributed by atoms with Crippen LogP contribution in [0.2, 0.25) is 0 Å². The van der Waals surface area contributed by atoms with E-state index in [0.29, 0.717) is 28.7 Å². The molecule has 0 saturated heterocycles. The molecule has 2 aromatic carbocycles. The molecule has 2 heterocycles. The lowest BCUT2D eigenvalue weighted by molar-refractivity contribution is -0.113. The first kappa shape index (κ1) is 21.2. The number of hydrogen-bond donors (Lipinski definition) is 1. The molecule has 4 aromatic rings. The normalized spacial score (nSPS) is 11.5. The van der Waals surface area contributed by atoms with E-state index in [0.717, 1.165) is 23.1 Å². The van der Waals surface area contributed by atoms with Crippen LogP contribution in [0.15, 0.2) is 62.9 Å². The molecule has 0 aliphatic rings. The van der Waals surface area contributed by atoms with Crippen LogP contribution in [0.5, 0.6) is 0 Å². The van der Waals surface area contributed by atoms with Crippen molar-refractivity contribution in [3.8, 4) is 0 Å². The number of furan rings is 1. The maximum Gasteiger partial charge on any atom is 0.297 e. The summed E-state index contributed by atoms with van der Waals surface area (Å²) in [7, 11) is 0. The summed E-state index contributed by atoms with van der Waals surface area (Å²) in [4.78, 5) is 30.5. The van der Waals surface area contributed by atoms with Crippen molar-refractivity contribution in [3.63, 3.8) is 0 Å². The van der Waals surface area contributed by atoms with Gasteiger partial charge >= 0.3 is 0 Å². The zero-order valence-electron chi connectivity index (χ0n) is 17.8. The number of fused-ring (bicyclic) bond motifs is 3. The van der Waals surface area contributed by atoms with Crippen molar-refractivity contribution in [2.24, 2.45) is 5.92 Å². The highest BCUT2D eigenvalue weighted by Gasteiger charge is 2.18. The molecule has 0 fully saturated rings. The molecule has 0 bridgehead atoms. The molecule has 4 rings (SSSR count). The fraction of sp³-hybridized carbons (Fsp3) is 0.292. The monoisotopic (exact) mass is 435 g/mol. The molecule has 7 heteroatoms. The average Bonchev–Trinajstić information content (AvgIpc) is 3.10. The average molecular weight is 436 g/mol. The van der Waals surface area contributed by atoms with Gasteiger partial charge in [0.05, 0.1) is 5.75 Å². The highest BCUT2D eigenvalue weighted by Crippen LogP contribution is 2.27. The van der Waals surface area contributed by atoms with Gasteiger partial charge in [-0.3, -0.25) is 14.2 Å². The minimum atomic E-state index is -0.205. The van der Waals surface area contributed by atoms with Crippen molar-refractivity contribution in [1.29, 1.82) is 0 Å². The van der Waals surface area contributed by atoms with Crippen LogP contribution in [0.4, 0.5) is 5.69 Å². The van der Waals surface area contributed by atoms with Crippen LogP contribution < -0.4 is 10.9 Å². The third-order valence-electron chi connectivity index (χ3n) is 5.01. The summed E-state index contributed by atoms with van der Waals surface area (Å²) < 4.78 is 7.45. The van der Waals surface area contributed by atoms with Gasteiger partial charge in [-0.25, -0.2) is 4.98 Å². The van der Waals surface area contributed by atoms with E-state index in [4.69, 9.17) is 9.40 Å². The van der Waals surface area contributed by atoms with Crippen LogP contribution in [-0.4, -0.2) is 21.2 Å². The van der Waals surface area contributed by atoms with Crippen molar-refractivity contribution >= 4 is 45.4 Å². The fourth-order valence-electron chi connectivity index (χ4n) is 3.40. The zero-order chi connectivity index (χ0) is 22.0. The molecule has 1 N–H and O–H groups in total. The van der Waals surface area contributed by atoms with Crippen molar-refractivity contribution < 1.29 is 9.21 Å². The molecule has 6 nitrogen and oxygen atoms in total. The SMILES string of the molecule is Cc1cccc(NC(=O)CSc2nc3c(oc4ccccc43)c(=O)n2CCC(C)C)c1. The van der Waals surface area contributed by atoms with E-state index in [1.807, 2.05) is 55.5 Å². The molecule has 1 amide bonds. The summed E-state index contributed by atoms with van der Waals surface area (Å²) in [6.45, 7) is 6.73. The number of aryl methyl sites for hydroxylation is 1. The minimum Gasteiger partial charge on any atom is -0.448 e. The van der Waals surface area contributed by atoms with E-state index in [1.54, 1.807) is 4.57 Å². The number of benzene rings is 2. The maximum absolute atomic E-state index is 13.2. The van der Waals surface area contributed by atoms with Crippen molar-refractivity contribution in [1.82, 2.24) is 9.55 Å². The summed E-state index contributed by atoms with van der Waals surface area (Å²) in [5, 5.41) is 4.24. The lowest BCUT2D eigenvalue weighted by Gasteiger charge is -2.13. The standard InChI is InChI=1S/C24H25N3O3S/c1-15(2)11-12-27-23(29)22-21(18-9-4-5-10-19(18)30-22)26-24(27)31-14-20(28)25-17-8-6-7-16(3)13-17/h4-10,13,15H,11-12,14H2,1-3H3,(H,25,28). The van der Waals surface area contributed by atoms with E-state index in [9.17, 15) is 9.59 Å². The summed E-state index contributed by atoms with van der Waals surface area (Å²) >= 11 is 1.27. The third kappa shape index (κ3) is 4.66. The van der Waals surface area contributed by atoms with Crippen LogP contribution >= 0.6 is 11.8 Å². The number of rotatable bonds is 7. The number of para-hydroxylation sites is 1. The molecule has 2 aromatic heterocycles. The molecular weight excluding hydrogens is 410 g/mol. The van der Waals surface area contributed by atoms with Gasteiger partial charge < -0.3 is 9.73 Å². The Bertz CT molecular complexity index is 1310. The Hall–Kier alpha value is -3.06. The van der Waals surface area contributed by atoms with Crippen LogP contribution in [0.1, 0.15) is 25.8 Å². The van der Waals surface area contributed by atoms with E-state index in [1.165, 1.54) is 11.8 Å². The Morgan fingerprint density at radius 3 is 2.77 bits per heavy atom. The van der Waals surface area contributed by atoms with Crippen LogP contribution in [0.3, 0.4) is 0 Å². The molecule has 0 aliphatic heterocycles. The van der Waals surface area contributed by atoms with Crippen molar-refractivity contribution in [2.75, 3.05) is 11.1 Å². The van der Waals surface area contributed by atoms with Gasteiger partial charge in [-0.05, 0) is 49.1 Å². The second kappa shape index (κ2) is 8.98. The number of thioether (sulfide) groups is 1. The Morgan fingerprint density at radius 1 is 1.19 bits per heavy atom. The smallest absolute Gasteiger partial charge is 0.297 e. The largest absolute Gasteiger partial charge is 0.448 e. The number of nitrogens with zero attached hydrogens (tertiary/aromatic N) is 2. The first-order valence-corrected chi connectivity index (χ1v) is 11.3. The van der Waals surface area contributed by atoms with E-state index >= 15 is 0 Å². The Labute approximate surface area is 184 Å². The topological polar surface area (TPSA) is 77.1 Å².